The van der Waals surface area contributed by atoms with Crippen molar-refractivity contribution in [1.82, 2.24) is 0 Å². The lowest BCUT2D eigenvalue weighted by Gasteiger charge is -2.17. The molecule has 1 amide bonds. The maximum absolute atomic E-state index is 11.0. The van der Waals surface area contributed by atoms with E-state index in [2.05, 4.69) is 5.32 Å². The lowest BCUT2D eigenvalue weighted by Crippen LogP contribution is -2.99. The molecule has 0 aliphatic heterocycles. The molecule has 1 rings (SSSR count). The van der Waals surface area contributed by atoms with Gasteiger partial charge < -0.3 is 10.5 Å². The number of nitro benzene ring substituents is 1. The molecule has 1 atom stereocenters. The number of carbonyl (C=O) groups is 1. The quantitative estimate of drug-likeness (QED) is 0.518. The van der Waals surface area contributed by atoms with Crippen molar-refractivity contribution in [3.8, 4) is 0 Å². The van der Waals surface area contributed by atoms with E-state index in [1.54, 1.807) is 0 Å². The van der Waals surface area contributed by atoms with Gasteiger partial charge in [-0.25, -0.2) is 5.21 Å². The van der Waals surface area contributed by atoms with E-state index in [4.69, 9.17) is 5.21 Å². The fraction of sp³-hybridized carbons (Fsp3) is 0.222. The first-order chi connectivity index (χ1) is 7.82. The Labute approximate surface area is 96.1 Å². The third-order valence-electron chi connectivity index (χ3n) is 2.06. The van der Waals surface area contributed by atoms with E-state index < -0.39 is 16.1 Å². The number of hydrogen-bond acceptors (Lipinski definition) is 5. The molecule has 0 saturated carbocycles. The number of nitrogens with one attached hydrogen (secondary N) is 2. The number of anilines is 1. The van der Waals surface area contributed by atoms with Gasteiger partial charge in [0.15, 0.2) is 5.69 Å². The molecule has 0 aromatic heterocycles. The van der Waals surface area contributed by atoms with Crippen molar-refractivity contribution in [2.24, 2.45) is 0 Å². The number of carbonyl (C=O) groups excluding carboxylic acids is 1. The Bertz CT molecular complexity index is 472. The fourth-order valence-corrected chi connectivity index (χ4v) is 1.38. The molecule has 0 bridgehead atoms. The number of hydrogen-bond donors (Lipinski definition) is 3. The van der Waals surface area contributed by atoms with Crippen LogP contribution in [-0.4, -0.2) is 16.0 Å². The predicted octanol–water partition coefficient (Wildman–Crippen LogP) is 0.265. The van der Waals surface area contributed by atoms with Gasteiger partial charge in [-0.3, -0.25) is 14.9 Å². The van der Waals surface area contributed by atoms with E-state index in [1.807, 2.05) is 0 Å². The number of nitrogens with zero attached hydrogens (tertiary/aromatic N) is 1. The van der Waals surface area contributed by atoms with E-state index in [1.165, 1.54) is 19.9 Å². The summed E-state index contributed by atoms with van der Waals surface area (Å²) in [6.45, 7) is 2.72. The first-order valence-corrected chi connectivity index (χ1v) is 4.63. The Morgan fingerprint density at radius 1 is 1.53 bits per heavy atom. The minimum Gasteiger partial charge on any atom is -0.595 e. The number of benzene rings is 1. The summed E-state index contributed by atoms with van der Waals surface area (Å²) in [5.74, 6) is -0.440. The number of non-ortho nitro benzene ring substituents is 1. The topological polar surface area (TPSA) is 120 Å². The Morgan fingerprint density at radius 2 is 2.12 bits per heavy atom. The zero-order valence-corrected chi connectivity index (χ0v) is 9.18. The average molecular weight is 241 g/mol. The van der Waals surface area contributed by atoms with Gasteiger partial charge in [-0.2, -0.15) is 5.23 Å². The molecule has 1 aromatic rings. The van der Waals surface area contributed by atoms with Crippen molar-refractivity contribution in [3.05, 3.63) is 33.0 Å². The third kappa shape index (κ3) is 2.97. The first kappa shape index (κ1) is 13.0. The highest BCUT2D eigenvalue weighted by Gasteiger charge is 2.19. The summed E-state index contributed by atoms with van der Waals surface area (Å²) in [7, 11) is 0. The zero-order valence-electron chi connectivity index (χ0n) is 9.18. The highest BCUT2D eigenvalue weighted by Crippen LogP contribution is 2.28. The molecule has 0 aliphatic carbocycles. The van der Waals surface area contributed by atoms with Crippen LogP contribution in [0.1, 0.15) is 12.5 Å². The van der Waals surface area contributed by atoms with Gasteiger partial charge in [0.2, 0.25) is 5.91 Å². The Kier molecular flexibility index (Phi) is 3.73. The molecule has 92 valence electrons. The van der Waals surface area contributed by atoms with Crippen molar-refractivity contribution in [2.75, 3.05) is 5.32 Å². The van der Waals surface area contributed by atoms with E-state index in [9.17, 15) is 20.1 Å². The maximum atomic E-state index is 11.0. The smallest absolute Gasteiger partial charge is 0.275 e. The van der Waals surface area contributed by atoms with E-state index in [0.29, 0.717) is 5.56 Å². The lowest BCUT2D eigenvalue weighted by atomic mass is 10.1. The van der Waals surface area contributed by atoms with Gasteiger partial charge in [-0.1, -0.05) is 0 Å². The molecule has 0 fully saturated rings. The summed E-state index contributed by atoms with van der Waals surface area (Å²) >= 11 is 0. The van der Waals surface area contributed by atoms with Crippen molar-refractivity contribution in [3.63, 3.8) is 0 Å². The van der Waals surface area contributed by atoms with Gasteiger partial charge in [0.05, 0.1) is 11.0 Å². The normalized spacial score (nSPS) is 12.0. The highest BCUT2D eigenvalue weighted by molar-refractivity contribution is 5.92. The number of amides is 1. The number of rotatable bonds is 3. The van der Waals surface area contributed by atoms with Gasteiger partial charge in [0, 0.05) is 13.0 Å². The summed E-state index contributed by atoms with van der Waals surface area (Å²) in [5.41, 5.74) is -0.219. The van der Waals surface area contributed by atoms with Gasteiger partial charge in [0.25, 0.3) is 5.69 Å². The second-order valence-electron chi connectivity index (χ2n) is 3.43. The number of nitro groups is 1. The summed E-state index contributed by atoms with van der Waals surface area (Å²) in [5, 5.41) is 31.5. The second kappa shape index (κ2) is 4.87. The SMILES string of the molecule is CC(=O)Nc1c(C)cc([N+](=O)[O-])cc1[NH+]([O-])O. The molecule has 0 saturated heterocycles. The standard InChI is InChI=1S/C9H11N3O5/c1-5-3-7(11(14)15)4-8(12(16)17)9(5)10-6(2)13/h3-4,12,16H,1-2H3,(H,10,13). The minimum atomic E-state index is -1.33. The van der Waals surface area contributed by atoms with Crippen LogP contribution in [0.25, 0.3) is 0 Å². The Hall–Kier alpha value is -2.03. The van der Waals surface area contributed by atoms with E-state index in [-0.39, 0.29) is 17.1 Å². The molecule has 0 radical (unpaired) electrons. The molecule has 8 heteroatoms. The zero-order chi connectivity index (χ0) is 13.2. The Morgan fingerprint density at radius 3 is 2.53 bits per heavy atom. The van der Waals surface area contributed by atoms with E-state index >= 15 is 0 Å². The van der Waals surface area contributed by atoms with Crippen molar-refractivity contribution >= 4 is 23.0 Å². The molecule has 0 spiro atoms. The second-order valence-corrected chi connectivity index (χ2v) is 3.43. The first-order valence-electron chi connectivity index (χ1n) is 4.63. The largest absolute Gasteiger partial charge is 0.595 e. The van der Waals surface area contributed by atoms with E-state index in [0.717, 1.165) is 6.07 Å². The highest BCUT2D eigenvalue weighted by atomic mass is 16.8. The van der Waals surface area contributed by atoms with Crippen molar-refractivity contribution < 1.29 is 20.2 Å². The molecular formula is C9H11N3O5. The number of quaternary nitrogens is 1. The minimum absolute atomic E-state index is 0.0793. The molecule has 8 nitrogen and oxygen atoms in total. The third-order valence-corrected chi connectivity index (χ3v) is 2.06. The lowest BCUT2D eigenvalue weighted by molar-refractivity contribution is -0.990. The van der Waals surface area contributed by atoms with Crippen LogP contribution in [0, 0.1) is 22.2 Å². The molecule has 1 aromatic carbocycles. The van der Waals surface area contributed by atoms with Crippen LogP contribution < -0.4 is 10.5 Å². The summed E-state index contributed by atoms with van der Waals surface area (Å²) in [4.78, 5) is 20.8. The van der Waals surface area contributed by atoms with Gasteiger partial charge in [0.1, 0.15) is 5.69 Å². The molecule has 0 heterocycles. The van der Waals surface area contributed by atoms with Crippen LogP contribution >= 0.6 is 0 Å². The Balaban J connectivity index is 3.38. The van der Waals surface area contributed by atoms with Crippen LogP contribution in [0.5, 0.6) is 0 Å². The van der Waals surface area contributed by atoms with Gasteiger partial charge in [-0.15, -0.1) is 0 Å². The van der Waals surface area contributed by atoms with Crippen molar-refractivity contribution in [2.45, 2.75) is 13.8 Å². The molecule has 3 N–H and O–H groups in total. The van der Waals surface area contributed by atoms with Crippen LogP contribution in [0.2, 0.25) is 0 Å². The molecular weight excluding hydrogens is 230 g/mol. The molecule has 17 heavy (non-hydrogen) atoms. The molecule has 0 aliphatic rings. The maximum Gasteiger partial charge on any atom is 0.275 e. The van der Waals surface area contributed by atoms with Crippen LogP contribution in [-0.2, 0) is 4.79 Å². The number of aryl methyl sites for hydroxylation is 1. The predicted molar refractivity (Wildman–Crippen MR) is 57.9 cm³/mol. The van der Waals surface area contributed by atoms with Crippen LogP contribution in [0.4, 0.5) is 17.1 Å². The van der Waals surface area contributed by atoms with Crippen LogP contribution in [0.3, 0.4) is 0 Å². The summed E-state index contributed by atoms with van der Waals surface area (Å²) < 4.78 is 0. The van der Waals surface area contributed by atoms with Gasteiger partial charge >= 0.3 is 0 Å². The summed E-state index contributed by atoms with van der Waals surface area (Å²) in [6, 6.07) is 2.12. The monoisotopic (exact) mass is 241 g/mol. The molecule has 1 unspecified atom stereocenters. The fourth-order valence-electron chi connectivity index (χ4n) is 1.38. The van der Waals surface area contributed by atoms with Crippen molar-refractivity contribution in [1.29, 1.82) is 0 Å². The van der Waals surface area contributed by atoms with Gasteiger partial charge in [-0.05, 0) is 12.5 Å². The average Bonchev–Trinajstić information content (AvgIpc) is 2.19. The summed E-state index contributed by atoms with van der Waals surface area (Å²) in [6.07, 6.45) is 0. The van der Waals surface area contributed by atoms with Crippen LogP contribution in [0.15, 0.2) is 12.1 Å².